The van der Waals surface area contributed by atoms with E-state index in [1.54, 1.807) is 25.4 Å². The number of likely N-dealkylation sites (N-methyl/N-ethyl adjacent to an activating group) is 1. The van der Waals surface area contributed by atoms with Gasteiger partial charge in [0.05, 0.1) is 17.8 Å². The lowest BCUT2D eigenvalue weighted by Crippen LogP contribution is -2.31. The van der Waals surface area contributed by atoms with Gasteiger partial charge in [0.1, 0.15) is 18.0 Å². The summed E-state index contributed by atoms with van der Waals surface area (Å²) in [4.78, 5) is 29.1. The summed E-state index contributed by atoms with van der Waals surface area (Å²) in [5.74, 6) is 0.443. The fourth-order valence-corrected chi connectivity index (χ4v) is 3.06. The van der Waals surface area contributed by atoms with E-state index in [-0.39, 0.29) is 17.2 Å². The van der Waals surface area contributed by atoms with Crippen LogP contribution in [0, 0.1) is 24.0 Å². The number of ether oxygens (including phenoxy) is 1. The summed E-state index contributed by atoms with van der Waals surface area (Å²) >= 11 is 0. The molecule has 3 rings (SSSR count). The Balaban J connectivity index is 1.69. The normalized spacial score (nSPS) is 10.6. The zero-order valence-corrected chi connectivity index (χ0v) is 16.5. The second-order valence-electron chi connectivity index (χ2n) is 6.83. The van der Waals surface area contributed by atoms with Gasteiger partial charge in [-0.25, -0.2) is 4.98 Å². The van der Waals surface area contributed by atoms with E-state index in [1.807, 2.05) is 26.0 Å². The van der Waals surface area contributed by atoms with Crippen LogP contribution < -0.4 is 4.74 Å². The summed E-state index contributed by atoms with van der Waals surface area (Å²) in [6, 6.07) is 10.3. The van der Waals surface area contributed by atoms with Crippen molar-refractivity contribution in [2.24, 2.45) is 0 Å². The molecule has 0 atom stereocenters. The van der Waals surface area contributed by atoms with Gasteiger partial charge in [-0.15, -0.1) is 0 Å². The van der Waals surface area contributed by atoms with Crippen LogP contribution in [0.25, 0.3) is 5.69 Å². The van der Waals surface area contributed by atoms with E-state index in [2.05, 4.69) is 11.1 Å². The molecule has 0 aliphatic carbocycles. The number of amides is 1. The Hall–Kier alpha value is -3.68. The predicted molar refractivity (Wildman–Crippen MR) is 109 cm³/mol. The van der Waals surface area contributed by atoms with Gasteiger partial charge in [0.2, 0.25) is 0 Å². The highest BCUT2D eigenvalue weighted by molar-refractivity contribution is 5.95. The number of rotatable bonds is 7. The Kier molecular flexibility index (Phi) is 5.92. The van der Waals surface area contributed by atoms with Crippen molar-refractivity contribution < 1.29 is 14.5 Å². The number of imidazole rings is 1. The minimum atomic E-state index is -0.505. The summed E-state index contributed by atoms with van der Waals surface area (Å²) < 4.78 is 7.28. The summed E-state index contributed by atoms with van der Waals surface area (Å²) in [6.45, 7) is 4.66. The molecule has 0 spiro atoms. The van der Waals surface area contributed by atoms with E-state index < -0.39 is 4.92 Å². The fourth-order valence-electron chi connectivity index (χ4n) is 3.06. The number of hydrogen-bond acceptors (Lipinski definition) is 5. The quantitative estimate of drug-likeness (QED) is 0.451. The maximum Gasteiger partial charge on any atom is 0.294 e. The molecule has 0 saturated heterocycles. The van der Waals surface area contributed by atoms with Crippen molar-refractivity contribution in [1.82, 2.24) is 14.5 Å². The average Bonchev–Trinajstić information content (AvgIpc) is 3.20. The van der Waals surface area contributed by atoms with Crippen molar-refractivity contribution in [2.45, 2.75) is 13.8 Å². The van der Waals surface area contributed by atoms with Gasteiger partial charge < -0.3 is 14.2 Å². The van der Waals surface area contributed by atoms with E-state index >= 15 is 0 Å². The molecular weight excluding hydrogens is 372 g/mol. The number of aryl methyl sites for hydroxylation is 2. The first-order valence-electron chi connectivity index (χ1n) is 9.08. The van der Waals surface area contributed by atoms with E-state index in [0.717, 1.165) is 16.9 Å². The predicted octanol–water partition coefficient (Wildman–Crippen LogP) is 3.55. The van der Waals surface area contributed by atoms with Gasteiger partial charge in [0.25, 0.3) is 11.6 Å². The molecule has 1 aromatic heterocycles. The van der Waals surface area contributed by atoms with Crippen molar-refractivity contribution in [3.63, 3.8) is 0 Å². The van der Waals surface area contributed by atoms with Crippen LogP contribution in [0.4, 0.5) is 5.69 Å². The van der Waals surface area contributed by atoms with Crippen molar-refractivity contribution >= 4 is 11.6 Å². The minimum absolute atomic E-state index is 0.159. The van der Waals surface area contributed by atoms with Gasteiger partial charge in [0, 0.05) is 31.1 Å². The first-order valence-corrected chi connectivity index (χ1v) is 9.08. The first-order chi connectivity index (χ1) is 13.8. The molecule has 1 heterocycles. The third kappa shape index (κ3) is 4.78. The maximum absolute atomic E-state index is 12.7. The molecule has 150 valence electrons. The molecule has 0 aliphatic heterocycles. The molecule has 3 aromatic rings. The van der Waals surface area contributed by atoms with Crippen LogP contribution in [0.3, 0.4) is 0 Å². The molecule has 29 heavy (non-hydrogen) atoms. The van der Waals surface area contributed by atoms with Crippen LogP contribution in [-0.2, 0) is 0 Å². The lowest BCUT2D eigenvalue weighted by atomic mass is 10.1. The third-order valence-electron chi connectivity index (χ3n) is 4.44. The Morgan fingerprint density at radius 2 is 1.93 bits per heavy atom. The van der Waals surface area contributed by atoms with Gasteiger partial charge in [-0.05, 0) is 49.2 Å². The van der Waals surface area contributed by atoms with Crippen LogP contribution in [-0.4, -0.2) is 45.5 Å². The number of hydrogen-bond donors (Lipinski definition) is 0. The van der Waals surface area contributed by atoms with Crippen LogP contribution in [0.2, 0.25) is 0 Å². The SMILES string of the molecule is Cc1cc(C)cc(OCCN(C)C(=O)c2ccc(-n3ccnc3)c([N+](=O)[O-])c2)c1. The summed E-state index contributed by atoms with van der Waals surface area (Å²) in [7, 11) is 1.64. The topological polar surface area (TPSA) is 90.5 Å². The first kappa shape index (κ1) is 20.1. The van der Waals surface area contributed by atoms with E-state index in [4.69, 9.17) is 4.74 Å². The molecule has 0 saturated carbocycles. The molecule has 0 radical (unpaired) electrons. The van der Waals surface area contributed by atoms with Crippen LogP contribution in [0.15, 0.2) is 55.1 Å². The van der Waals surface area contributed by atoms with Crippen LogP contribution in [0.1, 0.15) is 21.5 Å². The molecule has 0 unspecified atom stereocenters. The highest BCUT2D eigenvalue weighted by Crippen LogP contribution is 2.24. The standard InChI is InChI=1S/C21H22N4O4/c1-15-10-16(2)12-18(11-15)29-9-8-23(3)21(26)17-4-5-19(20(13-17)25(27)28)24-7-6-22-14-24/h4-7,10-14H,8-9H2,1-3H3. The molecule has 0 aliphatic rings. The zero-order valence-electron chi connectivity index (χ0n) is 16.5. The minimum Gasteiger partial charge on any atom is -0.492 e. The van der Waals surface area contributed by atoms with Crippen molar-refractivity contribution in [3.8, 4) is 11.4 Å². The van der Waals surface area contributed by atoms with E-state index in [0.29, 0.717) is 18.8 Å². The Morgan fingerprint density at radius 1 is 1.21 bits per heavy atom. The Labute approximate surface area is 168 Å². The molecule has 0 bridgehead atoms. The lowest BCUT2D eigenvalue weighted by molar-refractivity contribution is -0.384. The monoisotopic (exact) mass is 394 g/mol. The number of nitro groups is 1. The molecule has 2 aromatic carbocycles. The number of nitro benzene ring substituents is 1. The fraction of sp³-hybridized carbons (Fsp3) is 0.238. The zero-order chi connectivity index (χ0) is 21.0. The van der Waals surface area contributed by atoms with Crippen molar-refractivity contribution in [3.05, 3.63) is 81.9 Å². The molecule has 1 amide bonds. The van der Waals surface area contributed by atoms with Gasteiger partial charge in [-0.1, -0.05) is 6.07 Å². The largest absolute Gasteiger partial charge is 0.492 e. The highest BCUT2D eigenvalue weighted by atomic mass is 16.6. The third-order valence-corrected chi connectivity index (χ3v) is 4.44. The highest BCUT2D eigenvalue weighted by Gasteiger charge is 2.20. The summed E-state index contributed by atoms with van der Waals surface area (Å²) in [6.07, 6.45) is 4.62. The number of benzene rings is 2. The lowest BCUT2D eigenvalue weighted by Gasteiger charge is -2.18. The van der Waals surface area contributed by atoms with Gasteiger partial charge in [0.15, 0.2) is 0 Å². The number of nitrogens with zero attached hydrogens (tertiary/aromatic N) is 4. The van der Waals surface area contributed by atoms with E-state index in [9.17, 15) is 14.9 Å². The summed E-state index contributed by atoms with van der Waals surface area (Å²) in [5.41, 5.74) is 2.65. The molecule has 0 fully saturated rings. The van der Waals surface area contributed by atoms with E-state index in [1.165, 1.54) is 28.1 Å². The smallest absolute Gasteiger partial charge is 0.294 e. The van der Waals surface area contributed by atoms with Crippen molar-refractivity contribution in [1.29, 1.82) is 0 Å². The van der Waals surface area contributed by atoms with Crippen LogP contribution in [0.5, 0.6) is 5.75 Å². The maximum atomic E-state index is 12.7. The molecule has 8 heteroatoms. The Bertz CT molecular complexity index is 1010. The second-order valence-corrected chi connectivity index (χ2v) is 6.83. The molecule has 0 N–H and O–H groups in total. The average molecular weight is 394 g/mol. The van der Waals surface area contributed by atoms with Crippen LogP contribution >= 0.6 is 0 Å². The molecular formula is C21H22N4O4. The van der Waals surface area contributed by atoms with Gasteiger partial charge in [-0.2, -0.15) is 0 Å². The van der Waals surface area contributed by atoms with Crippen molar-refractivity contribution in [2.75, 3.05) is 20.2 Å². The van der Waals surface area contributed by atoms with Gasteiger partial charge >= 0.3 is 0 Å². The number of carbonyl (C=O) groups excluding carboxylic acids is 1. The second kappa shape index (κ2) is 8.55. The molecule has 8 nitrogen and oxygen atoms in total. The van der Waals surface area contributed by atoms with Gasteiger partial charge in [-0.3, -0.25) is 14.9 Å². The number of carbonyl (C=O) groups is 1. The number of aromatic nitrogens is 2. The Morgan fingerprint density at radius 3 is 2.55 bits per heavy atom. The summed E-state index contributed by atoms with van der Waals surface area (Å²) in [5, 5.41) is 11.5.